The smallest absolute Gasteiger partial charge is 0.187 e. The van der Waals surface area contributed by atoms with E-state index < -0.39 is 198 Å². The molecule has 84 heavy (non-hydrogen) atoms. The van der Waals surface area contributed by atoms with Gasteiger partial charge in [0.1, 0.15) is 122 Å². The van der Waals surface area contributed by atoms with Crippen LogP contribution in [0.1, 0.15) is 85.5 Å². The van der Waals surface area contributed by atoms with E-state index in [2.05, 4.69) is 27.7 Å². The molecule has 7 saturated heterocycles. The lowest BCUT2D eigenvalue weighted by atomic mass is 9.44. The maximum Gasteiger partial charge on any atom is 0.187 e. The standard InChI is InChI=1S/C56H90O28/c1-20-7-10-56(74-18-20)21(2)34-28(84-56)12-26-24-6-5-22-11-23(8-9-54(22,3)25(24)13-33(62)55(26,34)4)75-50-43(71)40(68)45(32(17-60)79-50)80-53-48(47(38(66)31(16-59)78-53)82-49-41(69)35(63)27(61)19-73-49)83-52-44(72)46(37(65)30(15-58)77-52)81-51-42(70)39(67)36(64)29(14-57)76-51/h20-32,34-53,57-61,63-72H,5-19H2,1-4H3. The zero-order valence-electron chi connectivity index (χ0n) is 47.7. The van der Waals surface area contributed by atoms with E-state index in [1.54, 1.807) is 0 Å². The first-order chi connectivity index (χ1) is 39.9. The van der Waals surface area contributed by atoms with Crippen molar-refractivity contribution in [2.75, 3.05) is 39.6 Å². The maximum absolute atomic E-state index is 14.8. The number of Topliss-reactive ketones (excluding diaryl/α,β-unsaturated/α-hetero) is 1. The van der Waals surface area contributed by atoms with Gasteiger partial charge < -0.3 is 133 Å². The van der Waals surface area contributed by atoms with Crippen LogP contribution in [0.5, 0.6) is 0 Å². The molecule has 0 bridgehead atoms. The highest BCUT2D eigenvalue weighted by atomic mass is 16.8. The van der Waals surface area contributed by atoms with Gasteiger partial charge in [-0.3, -0.25) is 4.79 Å². The fourth-order valence-corrected chi connectivity index (χ4v) is 17.0. The molecule has 11 fully saturated rings. The van der Waals surface area contributed by atoms with Gasteiger partial charge in [0.15, 0.2) is 37.2 Å². The molecule has 0 aromatic heterocycles. The molecule has 28 heteroatoms. The van der Waals surface area contributed by atoms with E-state index in [1.165, 1.54) is 0 Å². The average Bonchev–Trinajstić information content (AvgIpc) is 3.41. The Morgan fingerprint density at radius 2 is 1.08 bits per heavy atom. The van der Waals surface area contributed by atoms with E-state index >= 15 is 0 Å². The lowest BCUT2D eigenvalue weighted by molar-refractivity contribution is -0.409. The molecule has 28 nitrogen and oxygen atoms in total. The molecule has 0 radical (unpaired) electrons. The molecule has 4 aliphatic carbocycles. The van der Waals surface area contributed by atoms with E-state index in [0.29, 0.717) is 43.5 Å². The largest absolute Gasteiger partial charge is 0.394 e. The van der Waals surface area contributed by atoms with Crippen LogP contribution in [0.3, 0.4) is 0 Å². The first-order valence-electron chi connectivity index (χ1n) is 30.2. The zero-order valence-corrected chi connectivity index (χ0v) is 47.7. The Kier molecular flexibility index (Phi) is 19.1. The first-order valence-corrected chi connectivity index (χ1v) is 30.2. The van der Waals surface area contributed by atoms with Gasteiger partial charge in [-0.05, 0) is 80.0 Å². The van der Waals surface area contributed by atoms with Crippen molar-refractivity contribution in [3.63, 3.8) is 0 Å². The van der Waals surface area contributed by atoms with Crippen LogP contribution >= 0.6 is 0 Å². The van der Waals surface area contributed by atoms with Gasteiger partial charge in [0.25, 0.3) is 0 Å². The molecule has 36 atom stereocenters. The van der Waals surface area contributed by atoms with Crippen LogP contribution in [0.4, 0.5) is 0 Å². The van der Waals surface area contributed by atoms with Crippen molar-refractivity contribution in [3.8, 4) is 0 Å². The molecule has 11 aliphatic rings. The van der Waals surface area contributed by atoms with Crippen molar-refractivity contribution in [3.05, 3.63) is 0 Å². The Morgan fingerprint density at radius 1 is 0.512 bits per heavy atom. The minimum atomic E-state index is -2.19. The lowest BCUT2D eigenvalue weighted by Gasteiger charge is -2.60. The summed E-state index contributed by atoms with van der Waals surface area (Å²) in [5.41, 5.74) is -0.699. The van der Waals surface area contributed by atoms with Crippen molar-refractivity contribution in [1.82, 2.24) is 0 Å². The number of hydrogen-bond donors (Lipinski definition) is 15. The fraction of sp³-hybridized carbons (Fsp3) is 0.982. The summed E-state index contributed by atoms with van der Waals surface area (Å²) in [5.74, 6) is 1.14. The van der Waals surface area contributed by atoms with Gasteiger partial charge in [-0.1, -0.05) is 27.7 Å². The Bertz CT molecular complexity index is 2230. The van der Waals surface area contributed by atoms with Crippen LogP contribution in [0.25, 0.3) is 0 Å². The van der Waals surface area contributed by atoms with Crippen LogP contribution in [-0.2, 0) is 61.6 Å². The quantitative estimate of drug-likeness (QED) is 0.0723. The van der Waals surface area contributed by atoms with E-state index in [0.717, 1.165) is 38.5 Å². The third-order valence-electron chi connectivity index (χ3n) is 22.0. The van der Waals surface area contributed by atoms with Crippen molar-refractivity contribution in [2.45, 2.75) is 251 Å². The number of aliphatic hydroxyl groups is 15. The topological polar surface area (TPSA) is 431 Å². The van der Waals surface area contributed by atoms with Crippen molar-refractivity contribution < 1.29 is 138 Å². The molecule has 11 rings (SSSR count). The highest BCUT2D eigenvalue weighted by Crippen LogP contribution is 2.70. The summed E-state index contributed by atoms with van der Waals surface area (Å²) < 4.78 is 73.1. The summed E-state index contributed by atoms with van der Waals surface area (Å²) >= 11 is 0. The Hall–Kier alpha value is -1.41. The van der Waals surface area contributed by atoms with Gasteiger partial charge in [-0.25, -0.2) is 0 Å². The second-order valence-corrected chi connectivity index (χ2v) is 26.6. The Morgan fingerprint density at radius 3 is 1.75 bits per heavy atom. The number of carbonyl (C=O) groups is 1. The van der Waals surface area contributed by atoms with Crippen molar-refractivity contribution >= 4 is 5.78 Å². The Labute approximate surface area is 485 Å². The van der Waals surface area contributed by atoms with Crippen LogP contribution < -0.4 is 0 Å². The van der Waals surface area contributed by atoms with Gasteiger partial charge in [-0.15, -0.1) is 0 Å². The second-order valence-electron chi connectivity index (χ2n) is 26.6. The molecular formula is C56H90O28. The third-order valence-corrected chi connectivity index (χ3v) is 22.0. The summed E-state index contributed by atoms with van der Waals surface area (Å²) in [5, 5.41) is 164. The average molecular weight is 1210 g/mol. The summed E-state index contributed by atoms with van der Waals surface area (Å²) in [6, 6.07) is 0. The molecule has 0 amide bonds. The second kappa shape index (κ2) is 25.0. The van der Waals surface area contributed by atoms with Gasteiger partial charge in [0.2, 0.25) is 0 Å². The van der Waals surface area contributed by atoms with Gasteiger partial charge in [0, 0.05) is 30.1 Å². The molecule has 15 N–H and O–H groups in total. The Balaban J connectivity index is 0.789. The summed E-state index contributed by atoms with van der Waals surface area (Å²) in [7, 11) is 0. The molecule has 0 aromatic rings. The van der Waals surface area contributed by atoms with Crippen LogP contribution in [-0.4, -0.2) is 287 Å². The van der Waals surface area contributed by atoms with E-state index in [-0.39, 0.29) is 41.1 Å². The molecule has 482 valence electrons. The first kappa shape index (κ1) is 64.1. The van der Waals surface area contributed by atoms with Gasteiger partial charge in [-0.2, -0.15) is 0 Å². The highest BCUT2D eigenvalue weighted by Gasteiger charge is 2.72. The number of hydrogen-bond acceptors (Lipinski definition) is 28. The van der Waals surface area contributed by atoms with Crippen molar-refractivity contribution in [2.24, 2.45) is 52.3 Å². The number of rotatable bonds is 14. The predicted octanol–water partition coefficient (Wildman–Crippen LogP) is -5.27. The fourth-order valence-electron chi connectivity index (χ4n) is 17.0. The van der Waals surface area contributed by atoms with Crippen LogP contribution in [0, 0.1) is 52.3 Å². The number of carbonyl (C=O) groups excluding carboxylic acids is 1. The molecule has 4 saturated carbocycles. The number of ether oxygens (including phenoxy) is 12. The third kappa shape index (κ3) is 11.0. The highest BCUT2D eigenvalue weighted by molar-refractivity contribution is 5.87. The van der Waals surface area contributed by atoms with E-state index in [9.17, 15) is 81.4 Å². The summed E-state index contributed by atoms with van der Waals surface area (Å²) in [6.45, 7) is 5.29. The van der Waals surface area contributed by atoms with Crippen molar-refractivity contribution in [1.29, 1.82) is 0 Å². The zero-order chi connectivity index (χ0) is 60.2. The van der Waals surface area contributed by atoms with Crippen LogP contribution in [0.2, 0.25) is 0 Å². The normalized spacial score (nSPS) is 56.8. The molecule has 36 unspecified atom stereocenters. The van der Waals surface area contributed by atoms with Gasteiger partial charge in [0.05, 0.1) is 51.8 Å². The monoisotopic (exact) mass is 1210 g/mol. The molecule has 7 heterocycles. The predicted molar refractivity (Wildman–Crippen MR) is 275 cm³/mol. The minimum absolute atomic E-state index is 0.0378. The van der Waals surface area contributed by atoms with Gasteiger partial charge >= 0.3 is 0 Å². The molecular weight excluding hydrogens is 1120 g/mol. The number of fused-ring (bicyclic) bond motifs is 7. The summed E-state index contributed by atoms with van der Waals surface area (Å²) in [6.07, 6.45) is -38.3. The molecule has 0 aromatic carbocycles. The lowest BCUT2D eigenvalue weighted by Crippen LogP contribution is -2.69. The molecule has 7 aliphatic heterocycles. The molecule has 1 spiro atoms. The number of aliphatic hydroxyl groups excluding tert-OH is 15. The maximum atomic E-state index is 14.8. The summed E-state index contributed by atoms with van der Waals surface area (Å²) in [4.78, 5) is 14.8. The van der Waals surface area contributed by atoms with Crippen LogP contribution in [0.15, 0.2) is 0 Å². The SMILES string of the molecule is CC1CCC2(OC1)OC1CC3C4CCC5CC(OC6OC(CO)C(OC7OC(CO)C(O)C(OC8OCC(O)C(O)C8O)C7OC7OC(CO)C(O)C(OC8OC(CO)C(O)C(O)C8O)C7O)C(O)C6O)CCC5(C)C4CC(=O)C3(C)C1C2C. The van der Waals surface area contributed by atoms with E-state index in [4.69, 9.17) is 56.8 Å². The minimum Gasteiger partial charge on any atom is -0.394 e. The number of ketones is 1. The van der Waals surface area contributed by atoms with E-state index in [1.807, 2.05) is 0 Å².